The first-order valence-corrected chi connectivity index (χ1v) is 9.39. The van der Waals surface area contributed by atoms with Crippen molar-refractivity contribution < 1.29 is 14.3 Å². The van der Waals surface area contributed by atoms with E-state index in [1.54, 1.807) is 12.3 Å². The molecule has 1 aromatic heterocycles. The van der Waals surface area contributed by atoms with Crippen molar-refractivity contribution in [2.45, 2.75) is 26.2 Å². The Hall–Kier alpha value is -2.73. The summed E-state index contributed by atoms with van der Waals surface area (Å²) in [6, 6.07) is 14.4. The lowest BCUT2D eigenvalue weighted by molar-refractivity contribution is -0.142. The molecule has 0 spiro atoms. The number of aromatic nitrogens is 1. The molecule has 134 valence electrons. The van der Waals surface area contributed by atoms with E-state index in [0.29, 0.717) is 30.3 Å². The number of nitrogens with one attached hydrogen (secondary N) is 1. The van der Waals surface area contributed by atoms with E-state index >= 15 is 0 Å². The topological polar surface area (TPSA) is 68.3 Å². The van der Waals surface area contributed by atoms with E-state index in [-0.39, 0.29) is 18.3 Å². The largest absolute Gasteiger partial charge is 0.466 e. The van der Waals surface area contributed by atoms with Gasteiger partial charge in [0.2, 0.25) is 5.91 Å². The van der Waals surface area contributed by atoms with Gasteiger partial charge in [0.25, 0.3) is 0 Å². The van der Waals surface area contributed by atoms with E-state index in [0.717, 1.165) is 5.56 Å². The van der Waals surface area contributed by atoms with Gasteiger partial charge in [0.05, 0.1) is 18.7 Å². The van der Waals surface area contributed by atoms with Crippen molar-refractivity contribution in [2.24, 2.45) is 0 Å². The fraction of sp³-hybridized carbons (Fsp3) is 0.250. The molecule has 0 atom stereocenters. The van der Waals surface area contributed by atoms with Crippen molar-refractivity contribution in [3.63, 3.8) is 0 Å². The number of hydrogen-bond acceptors (Lipinski definition) is 5. The van der Waals surface area contributed by atoms with E-state index in [9.17, 15) is 9.59 Å². The van der Waals surface area contributed by atoms with Crippen LogP contribution in [0.1, 0.15) is 24.6 Å². The Labute approximate surface area is 156 Å². The van der Waals surface area contributed by atoms with Gasteiger partial charge in [-0.2, -0.15) is 0 Å². The summed E-state index contributed by atoms with van der Waals surface area (Å²) in [4.78, 5) is 27.9. The molecule has 3 aromatic rings. The molecule has 5 nitrogen and oxygen atoms in total. The average Bonchev–Trinajstić information content (AvgIpc) is 3.06. The van der Waals surface area contributed by atoms with Crippen LogP contribution in [0.2, 0.25) is 0 Å². The molecule has 2 aromatic carbocycles. The fourth-order valence-corrected chi connectivity index (χ4v) is 3.37. The highest BCUT2D eigenvalue weighted by molar-refractivity contribution is 7.13. The van der Waals surface area contributed by atoms with E-state index in [2.05, 4.69) is 40.6 Å². The molecule has 0 saturated carbocycles. The lowest BCUT2D eigenvalue weighted by Gasteiger charge is -2.04. The molecular formula is C20H20N2O3S. The summed E-state index contributed by atoms with van der Waals surface area (Å²) in [6.45, 7) is 2.11. The first-order chi connectivity index (χ1) is 12.6. The highest BCUT2D eigenvalue weighted by atomic mass is 32.1. The Balaban J connectivity index is 1.52. The number of rotatable bonds is 7. The van der Waals surface area contributed by atoms with Gasteiger partial charge in [-0.05, 0) is 29.7 Å². The maximum Gasteiger partial charge on any atom is 0.311 e. The number of carbonyl (C=O) groups excluding carboxylic acids is 2. The predicted molar refractivity (Wildman–Crippen MR) is 103 cm³/mol. The number of amides is 1. The summed E-state index contributed by atoms with van der Waals surface area (Å²) in [6.07, 6.45) is 1.17. The van der Waals surface area contributed by atoms with Gasteiger partial charge >= 0.3 is 5.97 Å². The summed E-state index contributed by atoms with van der Waals surface area (Å²) >= 11 is 1.31. The second kappa shape index (κ2) is 8.58. The van der Waals surface area contributed by atoms with Crippen molar-refractivity contribution in [1.82, 2.24) is 4.98 Å². The molecule has 1 heterocycles. The van der Waals surface area contributed by atoms with Crippen molar-refractivity contribution in [2.75, 3.05) is 11.9 Å². The van der Waals surface area contributed by atoms with E-state index in [1.165, 1.54) is 22.1 Å². The Morgan fingerprint density at radius 2 is 1.96 bits per heavy atom. The summed E-state index contributed by atoms with van der Waals surface area (Å²) in [5.41, 5.74) is 1.74. The quantitative estimate of drug-likeness (QED) is 0.641. The van der Waals surface area contributed by atoms with Crippen LogP contribution in [0.25, 0.3) is 10.8 Å². The molecule has 0 aliphatic rings. The number of benzene rings is 2. The third kappa shape index (κ3) is 4.89. The SMILES string of the molecule is CCOC(=O)Cc1csc(NC(=O)CCc2ccc3ccccc3c2)n1. The van der Waals surface area contributed by atoms with Gasteiger partial charge in [0, 0.05) is 11.8 Å². The molecular weight excluding hydrogens is 348 g/mol. The molecule has 1 amide bonds. The number of anilines is 1. The molecule has 0 saturated heterocycles. The highest BCUT2D eigenvalue weighted by Gasteiger charge is 2.10. The van der Waals surface area contributed by atoms with Crippen LogP contribution < -0.4 is 5.32 Å². The molecule has 6 heteroatoms. The number of nitrogens with zero attached hydrogens (tertiary/aromatic N) is 1. The van der Waals surface area contributed by atoms with Gasteiger partial charge < -0.3 is 10.1 Å². The number of fused-ring (bicyclic) bond motifs is 1. The predicted octanol–water partition coefficient (Wildman–Crippen LogP) is 3.97. The third-order valence-electron chi connectivity index (χ3n) is 3.88. The van der Waals surface area contributed by atoms with Crippen molar-refractivity contribution in [1.29, 1.82) is 0 Å². The molecule has 0 unspecified atom stereocenters. The Morgan fingerprint density at radius 1 is 1.15 bits per heavy atom. The maximum absolute atomic E-state index is 12.1. The standard InChI is InChI=1S/C20H20N2O3S/c1-2-25-19(24)12-17-13-26-20(21-17)22-18(23)10-8-14-7-9-15-5-3-4-6-16(15)11-14/h3-7,9,11,13H,2,8,10,12H2,1H3,(H,21,22,23). The summed E-state index contributed by atoms with van der Waals surface area (Å²) in [7, 11) is 0. The molecule has 0 bridgehead atoms. The molecule has 26 heavy (non-hydrogen) atoms. The monoisotopic (exact) mass is 368 g/mol. The average molecular weight is 368 g/mol. The zero-order chi connectivity index (χ0) is 18.4. The third-order valence-corrected chi connectivity index (χ3v) is 4.69. The Kier molecular flexibility index (Phi) is 5.96. The van der Waals surface area contributed by atoms with Crippen LogP contribution >= 0.6 is 11.3 Å². The van der Waals surface area contributed by atoms with Crippen LogP contribution in [0, 0.1) is 0 Å². The molecule has 1 N–H and O–H groups in total. The maximum atomic E-state index is 12.1. The smallest absolute Gasteiger partial charge is 0.311 e. The zero-order valence-corrected chi connectivity index (χ0v) is 15.3. The number of carbonyl (C=O) groups is 2. The summed E-state index contributed by atoms with van der Waals surface area (Å²) in [5.74, 6) is -0.401. The lowest BCUT2D eigenvalue weighted by Crippen LogP contribution is -2.12. The first-order valence-electron chi connectivity index (χ1n) is 8.51. The van der Waals surface area contributed by atoms with Gasteiger partial charge in [0.15, 0.2) is 5.13 Å². The van der Waals surface area contributed by atoms with E-state index in [4.69, 9.17) is 4.74 Å². The van der Waals surface area contributed by atoms with Crippen LogP contribution in [0.4, 0.5) is 5.13 Å². The summed E-state index contributed by atoms with van der Waals surface area (Å²) in [5, 5.41) is 7.43. The first kappa shape index (κ1) is 18.1. The lowest BCUT2D eigenvalue weighted by atomic mass is 10.0. The highest BCUT2D eigenvalue weighted by Crippen LogP contribution is 2.18. The zero-order valence-electron chi connectivity index (χ0n) is 14.5. The minimum atomic E-state index is -0.313. The van der Waals surface area contributed by atoms with Crippen molar-refractivity contribution in [3.8, 4) is 0 Å². The molecule has 0 aliphatic heterocycles. The number of aryl methyl sites for hydroxylation is 1. The van der Waals surface area contributed by atoms with Gasteiger partial charge in [-0.15, -0.1) is 11.3 Å². The van der Waals surface area contributed by atoms with Gasteiger partial charge in [-0.25, -0.2) is 4.98 Å². The summed E-state index contributed by atoms with van der Waals surface area (Å²) < 4.78 is 4.89. The molecule has 3 rings (SSSR count). The van der Waals surface area contributed by atoms with Gasteiger partial charge in [-0.1, -0.05) is 42.5 Å². The van der Waals surface area contributed by atoms with E-state index in [1.807, 2.05) is 12.1 Å². The Morgan fingerprint density at radius 3 is 2.77 bits per heavy atom. The normalized spacial score (nSPS) is 10.7. The minimum Gasteiger partial charge on any atom is -0.466 e. The molecule has 0 radical (unpaired) electrons. The van der Waals surface area contributed by atoms with Gasteiger partial charge in [0.1, 0.15) is 0 Å². The van der Waals surface area contributed by atoms with Crippen molar-refractivity contribution in [3.05, 3.63) is 59.1 Å². The number of ether oxygens (including phenoxy) is 1. The van der Waals surface area contributed by atoms with E-state index < -0.39 is 0 Å². The molecule has 0 fully saturated rings. The van der Waals surface area contributed by atoms with Crippen LogP contribution in [-0.4, -0.2) is 23.5 Å². The van der Waals surface area contributed by atoms with Gasteiger partial charge in [-0.3, -0.25) is 9.59 Å². The van der Waals surface area contributed by atoms with Crippen LogP contribution in [0.5, 0.6) is 0 Å². The number of thiazole rings is 1. The number of hydrogen-bond donors (Lipinski definition) is 1. The number of esters is 1. The van der Waals surface area contributed by atoms with Crippen LogP contribution in [0.3, 0.4) is 0 Å². The Bertz CT molecular complexity index is 920. The fourth-order valence-electron chi connectivity index (χ4n) is 2.64. The second-order valence-corrected chi connectivity index (χ2v) is 6.71. The van der Waals surface area contributed by atoms with Crippen LogP contribution in [0.15, 0.2) is 47.8 Å². The van der Waals surface area contributed by atoms with Crippen LogP contribution in [-0.2, 0) is 27.2 Å². The minimum absolute atomic E-state index is 0.0878. The van der Waals surface area contributed by atoms with Crippen molar-refractivity contribution >= 4 is 39.1 Å². The molecule has 0 aliphatic carbocycles. The second-order valence-electron chi connectivity index (χ2n) is 5.86.